The lowest BCUT2D eigenvalue weighted by atomic mass is 10.1. The fourth-order valence-electron chi connectivity index (χ4n) is 2.25. The Kier molecular flexibility index (Phi) is 5.16. The second kappa shape index (κ2) is 6.87. The molecule has 3 nitrogen and oxygen atoms in total. The molecular formula is C15H22N2OS. The van der Waals surface area contributed by atoms with Crippen LogP contribution in [0.3, 0.4) is 0 Å². The van der Waals surface area contributed by atoms with Crippen molar-refractivity contribution in [2.45, 2.75) is 45.1 Å². The number of aliphatic hydroxyl groups excluding tert-OH is 1. The summed E-state index contributed by atoms with van der Waals surface area (Å²) in [5.41, 5.74) is 2.23. The first-order chi connectivity index (χ1) is 9.19. The van der Waals surface area contributed by atoms with Crippen LogP contribution in [0.2, 0.25) is 0 Å². The number of thiophene rings is 1. The van der Waals surface area contributed by atoms with E-state index in [9.17, 15) is 5.11 Å². The van der Waals surface area contributed by atoms with Crippen molar-refractivity contribution in [3.8, 4) is 0 Å². The average Bonchev–Trinajstić information content (AvgIpc) is 3.00. The highest BCUT2D eigenvalue weighted by Crippen LogP contribution is 2.15. The smallest absolute Gasteiger partial charge is 0.0624 e. The fraction of sp³-hybridized carbons (Fsp3) is 0.533. The number of aliphatic hydroxyl groups is 1. The van der Waals surface area contributed by atoms with Crippen molar-refractivity contribution >= 4 is 11.3 Å². The molecule has 0 radical (unpaired) electrons. The van der Waals surface area contributed by atoms with E-state index in [4.69, 9.17) is 0 Å². The van der Waals surface area contributed by atoms with Crippen molar-refractivity contribution in [1.82, 2.24) is 9.78 Å². The quantitative estimate of drug-likeness (QED) is 0.845. The zero-order chi connectivity index (χ0) is 13.7. The Hall–Kier alpha value is -1.13. The van der Waals surface area contributed by atoms with Gasteiger partial charge in [0.05, 0.1) is 11.8 Å². The molecule has 0 aliphatic rings. The van der Waals surface area contributed by atoms with Gasteiger partial charge in [-0.3, -0.25) is 4.68 Å². The lowest BCUT2D eigenvalue weighted by Crippen LogP contribution is -2.13. The van der Waals surface area contributed by atoms with E-state index < -0.39 is 0 Å². The topological polar surface area (TPSA) is 38.0 Å². The molecule has 1 unspecified atom stereocenters. The molecule has 19 heavy (non-hydrogen) atoms. The molecule has 0 aliphatic carbocycles. The van der Waals surface area contributed by atoms with Crippen molar-refractivity contribution in [2.75, 3.05) is 0 Å². The molecule has 0 bridgehead atoms. The van der Waals surface area contributed by atoms with Crippen LogP contribution in [0.25, 0.3) is 0 Å². The van der Waals surface area contributed by atoms with Gasteiger partial charge < -0.3 is 5.11 Å². The van der Waals surface area contributed by atoms with E-state index in [2.05, 4.69) is 35.6 Å². The predicted molar refractivity (Wildman–Crippen MR) is 79.6 cm³/mol. The lowest BCUT2D eigenvalue weighted by molar-refractivity contribution is 0.160. The summed E-state index contributed by atoms with van der Waals surface area (Å²) >= 11 is 1.79. The Labute approximate surface area is 118 Å². The maximum atomic E-state index is 10.1. The van der Waals surface area contributed by atoms with Gasteiger partial charge in [0.25, 0.3) is 0 Å². The van der Waals surface area contributed by atoms with E-state index in [-0.39, 0.29) is 6.10 Å². The Morgan fingerprint density at radius 1 is 1.47 bits per heavy atom. The Balaban J connectivity index is 1.77. The van der Waals surface area contributed by atoms with Crippen molar-refractivity contribution in [3.63, 3.8) is 0 Å². The van der Waals surface area contributed by atoms with Gasteiger partial charge in [-0.1, -0.05) is 13.0 Å². The summed E-state index contributed by atoms with van der Waals surface area (Å²) in [4.78, 5) is 1.40. The molecule has 0 aromatic carbocycles. The molecule has 0 amide bonds. The summed E-state index contributed by atoms with van der Waals surface area (Å²) in [5, 5.41) is 16.6. The van der Waals surface area contributed by atoms with Crippen LogP contribution in [-0.2, 0) is 26.3 Å². The van der Waals surface area contributed by atoms with E-state index in [1.165, 1.54) is 4.88 Å². The summed E-state index contributed by atoms with van der Waals surface area (Å²) in [6.07, 6.45) is 4.35. The standard InChI is InChI=1S/C15H22N2OS/c1-3-12-10-13(17(2)16-12)11-14(18)6-4-7-15-8-5-9-19-15/h5,8-10,14,18H,3-4,6-7,11H2,1-2H3. The second-order valence-electron chi connectivity index (χ2n) is 4.93. The SMILES string of the molecule is CCc1cc(CC(O)CCCc2cccs2)n(C)n1. The molecule has 4 heteroatoms. The monoisotopic (exact) mass is 278 g/mol. The molecule has 104 valence electrons. The first kappa shape index (κ1) is 14.3. The van der Waals surface area contributed by atoms with Gasteiger partial charge in [-0.25, -0.2) is 0 Å². The molecule has 2 aromatic rings. The maximum absolute atomic E-state index is 10.1. The summed E-state index contributed by atoms with van der Waals surface area (Å²) < 4.78 is 1.89. The van der Waals surface area contributed by atoms with Crippen molar-refractivity contribution in [2.24, 2.45) is 7.05 Å². The van der Waals surface area contributed by atoms with Crippen LogP contribution < -0.4 is 0 Å². The molecular weight excluding hydrogens is 256 g/mol. The van der Waals surface area contributed by atoms with Gasteiger partial charge in [-0.2, -0.15) is 5.10 Å². The summed E-state index contributed by atoms with van der Waals surface area (Å²) in [5.74, 6) is 0. The van der Waals surface area contributed by atoms with Crippen LogP contribution in [-0.4, -0.2) is 21.0 Å². The average molecular weight is 278 g/mol. The van der Waals surface area contributed by atoms with Crippen LogP contribution in [0.1, 0.15) is 36.0 Å². The van der Waals surface area contributed by atoms with Gasteiger partial charge >= 0.3 is 0 Å². The molecule has 2 heterocycles. The molecule has 0 aliphatic heterocycles. The van der Waals surface area contributed by atoms with E-state index in [0.717, 1.165) is 37.1 Å². The molecule has 1 N–H and O–H groups in total. The first-order valence-electron chi connectivity index (χ1n) is 6.91. The number of rotatable bonds is 7. The largest absolute Gasteiger partial charge is 0.393 e. The van der Waals surface area contributed by atoms with Crippen LogP contribution in [0.5, 0.6) is 0 Å². The number of hydrogen-bond donors (Lipinski definition) is 1. The fourth-order valence-corrected chi connectivity index (χ4v) is 3.00. The van der Waals surface area contributed by atoms with E-state index >= 15 is 0 Å². The minimum atomic E-state index is -0.264. The van der Waals surface area contributed by atoms with E-state index in [1.54, 1.807) is 11.3 Å². The highest BCUT2D eigenvalue weighted by molar-refractivity contribution is 7.09. The molecule has 0 spiro atoms. The van der Waals surface area contributed by atoms with E-state index in [0.29, 0.717) is 6.42 Å². The molecule has 0 fully saturated rings. The minimum absolute atomic E-state index is 0.264. The van der Waals surface area contributed by atoms with Crippen LogP contribution in [0, 0.1) is 0 Å². The number of aromatic nitrogens is 2. The Bertz CT molecular complexity index is 490. The van der Waals surface area contributed by atoms with Crippen LogP contribution >= 0.6 is 11.3 Å². The first-order valence-corrected chi connectivity index (χ1v) is 7.79. The Morgan fingerprint density at radius 3 is 2.95 bits per heavy atom. The highest BCUT2D eigenvalue weighted by Gasteiger charge is 2.10. The predicted octanol–water partition coefficient (Wildman–Crippen LogP) is 2.97. The molecule has 2 rings (SSSR count). The van der Waals surface area contributed by atoms with Crippen molar-refractivity contribution in [3.05, 3.63) is 39.8 Å². The summed E-state index contributed by atoms with van der Waals surface area (Å²) in [6, 6.07) is 6.34. The molecule has 0 saturated heterocycles. The molecule has 1 atom stereocenters. The summed E-state index contributed by atoms with van der Waals surface area (Å²) in [7, 11) is 1.95. The third kappa shape index (κ3) is 4.18. The van der Waals surface area contributed by atoms with Crippen molar-refractivity contribution < 1.29 is 5.11 Å². The van der Waals surface area contributed by atoms with Gasteiger partial charge in [0.2, 0.25) is 0 Å². The maximum Gasteiger partial charge on any atom is 0.0624 e. The van der Waals surface area contributed by atoms with E-state index in [1.807, 2.05) is 11.7 Å². The second-order valence-corrected chi connectivity index (χ2v) is 5.97. The number of aryl methyl sites for hydroxylation is 3. The highest BCUT2D eigenvalue weighted by atomic mass is 32.1. The number of hydrogen-bond acceptors (Lipinski definition) is 3. The minimum Gasteiger partial charge on any atom is -0.393 e. The molecule has 0 saturated carbocycles. The summed E-state index contributed by atoms with van der Waals surface area (Å²) in [6.45, 7) is 2.10. The molecule has 2 aromatic heterocycles. The third-order valence-electron chi connectivity index (χ3n) is 3.37. The Morgan fingerprint density at radius 2 is 2.32 bits per heavy atom. The normalized spacial score (nSPS) is 12.8. The lowest BCUT2D eigenvalue weighted by Gasteiger charge is -2.10. The van der Waals surface area contributed by atoms with Gasteiger partial charge in [-0.15, -0.1) is 11.3 Å². The number of nitrogens with zero attached hydrogens (tertiary/aromatic N) is 2. The zero-order valence-corrected chi connectivity index (χ0v) is 12.5. The van der Waals surface area contributed by atoms with Gasteiger partial charge in [0.1, 0.15) is 0 Å². The van der Waals surface area contributed by atoms with Crippen molar-refractivity contribution in [1.29, 1.82) is 0 Å². The van der Waals surface area contributed by atoms with Gasteiger partial charge in [0.15, 0.2) is 0 Å². The van der Waals surface area contributed by atoms with Crippen LogP contribution in [0.4, 0.5) is 0 Å². The van der Waals surface area contributed by atoms with Crippen LogP contribution in [0.15, 0.2) is 23.6 Å². The third-order valence-corrected chi connectivity index (χ3v) is 4.31. The zero-order valence-electron chi connectivity index (χ0n) is 11.7. The van der Waals surface area contributed by atoms with Gasteiger partial charge in [-0.05, 0) is 43.2 Å². The van der Waals surface area contributed by atoms with Gasteiger partial charge in [0, 0.05) is 24.0 Å².